The largest absolute Gasteiger partial charge is 0.480 e. The van der Waals surface area contributed by atoms with Gasteiger partial charge in [0.05, 0.1) is 6.04 Å². The zero-order valence-electron chi connectivity index (χ0n) is 11.5. The van der Waals surface area contributed by atoms with E-state index in [0.29, 0.717) is 12.8 Å². The minimum atomic E-state index is -1.06. The van der Waals surface area contributed by atoms with Crippen molar-refractivity contribution in [1.82, 2.24) is 10.6 Å². The zero-order chi connectivity index (χ0) is 15.1. The van der Waals surface area contributed by atoms with Gasteiger partial charge in [-0.2, -0.15) is 0 Å². The van der Waals surface area contributed by atoms with E-state index in [9.17, 15) is 14.0 Å². The van der Waals surface area contributed by atoms with Gasteiger partial charge < -0.3 is 15.7 Å². The lowest BCUT2D eigenvalue weighted by Crippen LogP contribution is -2.46. The lowest BCUT2D eigenvalue weighted by molar-refractivity contribution is -0.139. The summed E-state index contributed by atoms with van der Waals surface area (Å²) < 4.78 is 12.8. The number of hydrogen-bond acceptors (Lipinski definition) is 2. The van der Waals surface area contributed by atoms with E-state index in [1.807, 2.05) is 6.92 Å². The first kappa shape index (κ1) is 15.9. The van der Waals surface area contributed by atoms with Crippen LogP contribution in [0, 0.1) is 5.82 Å². The quantitative estimate of drug-likeness (QED) is 0.750. The van der Waals surface area contributed by atoms with Crippen LogP contribution in [-0.4, -0.2) is 23.1 Å². The Labute approximate surface area is 117 Å². The first-order valence-electron chi connectivity index (χ1n) is 6.49. The smallest absolute Gasteiger partial charge is 0.326 e. The zero-order valence-corrected chi connectivity index (χ0v) is 11.5. The fourth-order valence-corrected chi connectivity index (χ4v) is 1.78. The van der Waals surface area contributed by atoms with Gasteiger partial charge in [0.2, 0.25) is 0 Å². The molecule has 1 aromatic rings. The Morgan fingerprint density at radius 2 is 1.85 bits per heavy atom. The normalized spacial score (nSPS) is 13.3. The Morgan fingerprint density at radius 3 is 2.35 bits per heavy atom. The Morgan fingerprint density at radius 1 is 1.25 bits per heavy atom. The van der Waals surface area contributed by atoms with Gasteiger partial charge in [-0.3, -0.25) is 0 Å². The standard InChI is InChI=1S/C14H19FN2O3/c1-3-4-12(13(18)19)17-14(20)16-9(2)10-5-7-11(15)8-6-10/h5-9,12H,3-4H2,1-2H3,(H,18,19)(H2,16,17,20)/t9?,12-/m1/s1. The van der Waals surface area contributed by atoms with Crippen LogP contribution in [0.4, 0.5) is 9.18 Å². The van der Waals surface area contributed by atoms with E-state index >= 15 is 0 Å². The van der Waals surface area contributed by atoms with E-state index in [2.05, 4.69) is 10.6 Å². The number of nitrogens with one attached hydrogen (secondary N) is 2. The average molecular weight is 282 g/mol. The highest BCUT2D eigenvalue weighted by Crippen LogP contribution is 2.12. The molecule has 1 rings (SSSR count). The van der Waals surface area contributed by atoms with Gasteiger partial charge in [-0.1, -0.05) is 25.5 Å². The Bertz CT molecular complexity index is 462. The third-order valence-electron chi connectivity index (χ3n) is 2.90. The fraction of sp³-hybridized carbons (Fsp3) is 0.429. The summed E-state index contributed by atoms with van der Waals surface area (Å²) in [6.45, 7) is 3.58. The van der Waals surface area contributed by atoms with Crippen molar-refractivity contribution < 1.29 is 19.1 Å². The minimum absolute atomic E-state index is 0.341. The highest BCUT2D eigenvalue weighted by molar-refractivity contribution is 5.82. The summed E-state index contributed by atoms with van der Waals surface area (Å²) >= 11 is 0. The molecule has 0 bridgehead atoms. The average Bonchev–Trinajstić information content (AvgIpc) is 2.38. The van der Waals surface area contributed by atoms with Gasteiger partial charge in [0, 0.05) is 0 Å². The van der Waals surface area contributed by atoms with E-state index in [4.69, 9.17) is 5.11 Å². The Balaban J connectivity index is 2.56. The Hall–Kier alpha value is -2.11. The van der Waals surface area contributed by atoms with Crippen molar-refractivity contribution in [1.29, 1.82) is 0 Å². The van der Waals surface area contributed by atoms with Gasteiger partial charge in [0.15, 0.2) is 0 Å². The number of aliphatic carboxylic acids is 1. The molecule has 3 N–H and O–H groups in total. The van der Waals surface area contributed by atoms with Gasteiger partial charge in [-0.25, -0.2) is 14.0 Å². The molecular weight excluding hydrogens is 263 g/mol. The van der Waals surface area contributed by atoms with E-state index in [-0.39, 0.29) is 11.9 Å². The number of benzene rings is 1. The summed E-state index contributed by atoms with van der Waals surface area (Å²) in [5.74, 6) is -1.41. The van der Waals surface area contributed by atoms with E-state index < -0.39 is 18.0 Å². The van der Waals surface area contributed by atoms with Crippen LogP contribution in [0.5, 0.6) is 0 Å². The molecule has 20 heavy (non-hydrogen) atoms. The number of hydrogen-bond donors (Lipinski definition) is 3. The minimum Gasteiger partial charge on any atom is -0.480 e. The van der Waals surface area contributed by atoms with Crippen LogP contribution >= 0.6 is 0 Å². The van der Waals surface area contributed by atoms with Crippen molar-refractivity contribution in [3.05, 3.63) is 35.6 Å². The van der Waals surface area contributed by atoms with Gasteiger partial charge in [-0.15, -0.1) is 0 Å². The van der Waals surface area contributed by atoms with Crippen LogP contribution < -0.4 is 10.6 Å². The van der Waals surface area contributed by atoms with Crippen LogP contribution in [0.3, 0.4) is 0 Å². The van der Waals surface area contributed by atoms with Crippen LogP contribution in [-0.2, 0) is 4.79 Å². The van der Waals surface area contributed by atoms with E-state index in [1.165, 1.54) is 12.1 Å². The first-order valence-corrected chi connectivity index (χ1v) is 6.49. The second kappa shape index (κ2) is 7.47. The lowest BCUT2D eigenvalue weighted by Gasteiger charge is -2.18. The molecule has 1 unspecified atom stereocenters. The van der Waals surface area contributed by atoms with Crippen molar-refractivity contribution in [2.24, 2.45) is 0 Å². The number of carboxylic acids is 1. The maximum Gasteiger partial charge on any atom is 0.326 e. The van der Waals surface area contributed by atoms with Crippen molar-refractivity contribution in [2.75, 3.05) is 0 Å². The predicted molar refractivity (Wildman–Crippen MR) is 72.8 cm³/mol. The molecule has 0 heterocycles. The van der Waals surface area contributed by atoms with Gasteiger partial charge in [0.25, 0.3) is 0 Å². The summed E-state index contributed by atoms with van der Waals surface area (Å²) in [6.07, 6.45) is 1.03. The number of rotatable bonds is 6. The second-order valence-corrected chi connectivity index (χ2v) is 4.57. The van der Waals surface area contributed by atoms with Crippen LogP contribution in [0.1, 0.15) is 38.3 Å². The molecule has 0 aliphatic heterocycles. The molecule has 0 aliphatic carbocycles. The molecule has 2 amide bonds. The summed E-state index contributed by atoms with van der Waals surface area (Å²) in [5.41, 5.74) is 0.740. The molecule has 0 saturated carbocycles. The third kappa shape index (κ3) is 4.87. The van der Waals surface area contributed by atoms with Gasteiger partial charge in [-0.05, 0) is 31.0 Å². The molecule has 6 heteroatoms. The number of carbonyl (C=O) groups excluding carboxylic acids is 1. The highest BCUT2D eigenvalue weighted by Gasteiger charge is 2.19. The fourth-order valence-electron chi connectivity index (χ4n) is 1.78. The summed E-state index contributed by atoms with van der Waals surface area (Å²) in [6, 6.07) is 3.96. The maximum atomic E-state index is 12.8. The molecule has 1 aromatic carbocycles. The van der Waals surface area contributed by atoms with Crippen molar-refractivity contribution in [3.8, 4) is 0 Å². The molecule has 0 aliphatic rings. The molecule has 110 valence electrons. The summed E-state index contributed by atoms with van der Waals surface area (Å²) in [4.78, 5) is 22.7. The monoisotopic (exact) mass is 282 g/mol. The maximum absolute atomic E-state index is 12.8. The molecule has 2 atom stereocenters. The second-order valence-electron chi connectivity index (χ2n) is 4.57. The van der Waals surface area contributed by atoms with Crippen molar-refractivity contribution >= 4 is 12.0 Å². The van der Waals surface area contributed by atoms with E-state index in [0.717, 1.165) is 5.56 Å². The summed E-state index contributed by atoms with van der Waals surface area (Å²) in [5, 5.41) is 14.0. The van der Waals surface area contributed by atoms with Crippen LogP contribution in [0.25, 0.3) is 0 Å². The number of urea groups is 1. The number of halogens is 1. The Kier molecular flexibility index (Phi) is 5.96. The third-order valence-corrected chi connectivity index (χ3v) is 2.90. The molecule has 0 fully saturated rings. The topological polar surface area (TPSA) is 78.4 Å². The molecule has 0 saturated heterocycles. The van der Waals surface area contributed by atoms with Gasteiger partial charge >= 0.3 is 12.0 Å². The highest BCUT2D eigenvalue weighted by atomic mass is 19.1. The molecule has 0 radical (unpaired) electrons. The van der Waals surface area contributed by atoms with Crippen molar-refractivity contribution in [3.63, 3.8) is 0 Å². The number of carbonyl (C=O) groups is 2. The molecular formula is C14H19FN2O3. The molecule has 5 nitrogen and oxygen atoms in total. The first-order chi connectivity index (χ1) is 9.43. The predicted octanol–water partition coefficient (Wildman–Crippen LogP) is 2.44. The molecule has 0 aromatic heterocycles. The van der Waals surface area contributed by atoms with E-state index in [1.54, 1.807) is 19.1 Å². The number of amides is 2. The molecule has 0 spiro atoms. The van der Waals surface area contributed by atoms with Crippen molar-refractivity contribution in [2.45, 2.75) is 38.8 Å². The van der Waals surface area contributed by atoms with Crippen LogP contribution in [0.15, 0.2) is 24.3 Å². The summed E-state index contributed by atoms with van der Waals surface area (Å²) in [7, 11) is 0. The van der Waals surface area contributed by atoms with Gasteiger partial charge in [0.1, 0.15) is 11.9 Å². The SMILES string of the molecule is CCC[C@@H](NC(=O)NC(C)c1ccc(F)cc1)C(=O)O. The number of carboxylic acid groups (broad SMARTS) is 1. The van der Waals surface area contributed by atoms with Crippen LogP contribution in [0.2, 0.25) is 0 Å². The lowest BCUT2D eigenvalue weighted by atomic mass is 10.1.